The predicted octanol–water partition coefficient (Wildman–Crippen LogP) is 2.55. The van der Waals surface area contributed by atoms with Crippen LogP contribution in [0.5, 0.6) is 5.88 Å². The Labute approximate surface area is 163 Å². The summed E-state index contributed by atoms with van der Waals surface area (Å²) in [6.45, 7) is -1.67. The third kappa shape index (κ3) is 5.01. The molecular weight excluding hydrogens is 412 g/mol. The van der Waals surface area contributed by atoms with E-state index < -0.39 is 34.5 Å². The van der Waals surface area contributed by atoms with Crippen LogP contribution in [-0.2, 0) is 10.0 Å². The van der Waals surface area contributed by atoms with Crippen LogP contribution in [0.3, 0.4) is 0 Å². The average Bonchev–Trinajstić information content (AvgIpc) is 3.14. The van der Waals surface area contributed by atoms with E-state index in [1.54, 1.807) is 10.8 Å². The number of nitrogens with zero attached hydrogens (tertiary/aromatic N) is 3. The number of amides is 2. The molecule has 3 aromatic rings. The summed E-state index contributed by atoms with van der Waals surface area (Å²) in [6.07, 6.45) is 1.34. The van der Waals surface area contributed by atoms with Gasteiger partial charge in [-0.25, -0.2) is 22.9 Å². The Morgan fingerprint density at radius 2 is 1.97 bits per heavy atom. The molecule has 2 heterocycles. The fraction of sp³-hybridized carbons (Fsp3) is 0.125. The van der Waals surface area contributed by atoms with E-state index in [4.69, 9.17) is 4.52 Å². The van der Waals surface area contributed by atoms with Crippen LogP contribution in [0, 0.1) is 6.92 Å². The van der Waals surface area contributed by atoms with Crippen LogP contribution >= 0.6 is 0 Å². The maximum Gasteiger partial charge on any atom is 0.388 e. The number of benzene rings is 1. The third-order valence-corrected chi connectivity index (χ3v) is 4.76. The van der Waals surface area contributed by atoms with E-state index >= 15 is 0 Å². The van der Waals surface area contributed by atoms with Gasteiger partial charge in [0.2, 0.25) is 11.8 Å². The fourth-order valence-electron chi connectivity index (χ4n) is 2.31. The highest BCUT2D eigenvalue weighted by atomic mass is 32.2. The van der Waals surface area contributed by atoms with Gasteiger partial charge in [0.25, 0.3) is 10.0 Å². The number of aryl methyl sites for hydroxylation is 1. The van der Waals surface area contributed by atoms with Crippen LogP contribution in [-0.4, -0.2) is 36.2 Å². The number of hydrogen-bond donors (Lipinski definition) is 2. The Kier molecular flexibility index (Phi) is 5.68. The SMILES string of the molecule is Cc1cc(OC(F)F)nc(NC(=O)NS(=O)(=O)c2ccccc2-c2ccno2)n1. The molecule has 152 valence electrons. The molecule has 0 aliphatic rings. The number of sulfonamides is 1. The highest BCUT2D eigenvalue weighted by Gasteiger charge is 2.23. The maximum atomic E-state index is 12.6. The Morgan fingerprint density at radius 1 is 1.21 bits per heavy atom. The Morgan fingerprint density at radius 3 is 2.66 bits per heavy atom. The standard InChI is InChI=1S/C16H13F2N5O5S/c1-9-8-13(27-14(17)18)21-15(20-9)22-16(24)23-29(25,26)12-5-3-2-4-10(12)11-6-7-19-28-11/h2-8,14H,1H3,(H2,20,21,22,23,24). The molecule has 0 fully saturated rings. The first-order valence-electron chi connectivity index (χ1n) is 7.89. The van der Waals surface area contributed by atoms with Crippen LogP contribution in [0.2, 0.25) is 0 Å². The molecule has 2 amide bonds. The average molecular weight is 425 g/mol. The molecule has 0 saturated heterocycles. The topological polar surface area (TPSA) is 136 Å². The zero-order valence-corrected chi connectivity index (χ0v) is 15.5. The zero-order valence-electron chi connectivity index (χ0n) is 14.7. The number of rotatable bonds is 6. The number of carbonyl (C=O) groups is 1. The second-order valence-corrected chi connectivity index (χ2v) is 7.13. The smallest absolute Gasteiger partial charge is 0.388 e. The van der Waals surface area contributed by atoms with Crippen molar-refractivity contribution >= 4 is 22.0 Å². The summed E-state index contributed by atoms with van der Waals surface area (Å²) >= 11 is 0. The monoisotopic (exact) mass is 425 g/mol. The summed E-state index contributed by atoms with van der Waals surface area (Å²) in [6, 6.07) is 7.17. The highest BCUT2D eigenvalue weighted by Crippen LogP contribution is 2.26. The minimum atomic E-state index is -4.33. The van der Waals surface area contributed by atoms with E-state index in [9.17, 15) is 22.0 Å². The van der Waals surface area contributed by atoms with E-state index in [1.807, 2.05) is 0 Å². The summed E-state index contributed by atoms with van der Waals surface area (Å²) in [5, 5.41) is 5.59. The Hall–Kier alpha value is -3.61. The van der Waals surface area contributed by atoms with Gasteiger partial charge in [-0.1, -0.05) is 17.3 Å². The van der Waals surface area contributed by atoms with Crippen molar-refractivity contribution in [2.45, 2.75) is 18.4 Å². The summed E-state index contributed by atoms with van der Waals surface area (Å²) in [7, 11) is -4.33. The molecule has 2 N–H and O–H groups in total. The lowest BCUT2D eigenvalue weighted by Crippen LogP contribution is -2.35. The van der Waals surface area contributed by atoms with Crippen molar-refractivity contribution in [2.75, 3.05) is 5.32 Å². The molecule has 1 aromatic carbocycles. The molecule has 0 bridgehead atoms. The molecule has 0 aliphatic heterocycles. The summed E-state index contributed by atoms with van der Waals surface area (Å²) in [5.41, 5.74) is 0.397. The van der Waals surface area contributed by atoms with Gasteiger partial charge in [0.15, 0.2) is 5.76 Å². The molecule has 0 spiro atoms. The van der Waals surface area contributed by atoms with Gasteiger partial charge in [-0.15, -0.1) is 0 Å². The van der Waals surface area contributed by atoms with E-state index in [2.05, 4.69) is 25.2 Å². The van der Waals surface area contributed by atoms with Gasteiger partial charge in [0, 0.05) is 23.4 Å². The van der Waals surface area contributed by atoms with Gasteiger partial charge in [-0.05, 0) is 19.1 Å². The second-order valence-electron chi connectivity index (χ2n) is 5.48. The second kappa shape index (κ2) is 8.18. The number of nitrogens with one attached hydrogen (secondary N) is 2. The first kappa shape index (κ1) is 20.1. The minimum absolute atomic E-state index is 0.183. The van der Waals surface area contributed by atoms with Crippen molar-refractivity contribution in [1.82, 2.24) is 19.8 Å². The summed E-state index contributed by atoms with van der Waals surface area (Å²) in [5.74, 6) is -0.722. The van der Waals surface area contributed by atoms with Crippen molar-refractivity contribution < 1.29 is 31.3 Å². The lowest BCUT2D eigenvalue weighted by Gasteiger charge is -2.11. The zero-order chi connectivity index (χ0) is 21.0. The molecule has 29 heavy (non-hydrogen) atoms. The van der Waals surface area contributed by atoms with E-state index in [-0.39, 0.29) is 21.9 Å². The van der Waals surface area contributed by atoms with Gasteiger partial charge in [0.1, 0.15) is 0 Å². The van der Waals surface area contributed by atoms with Crippen LogP contribution in [0.15, 0.2) is 52.0 Å². The van der Waals surface area contributed by atoms with Gasteiger partial charge in [0.05, 0.1) is 11.1 Å². The van der Waals surface area contributed by atoms with Gasteiger partial charge in [-0.3, -0.25) is 5.32 Å². The number of hydrogen-bond acceptors (Lipinski definition) is 8. The summed E-state index contributed by atoms with van der Waals surface area (Å²) in [4.78, 5) is 19.3. The maximum absolute atomic E-state index is 12.6. The van der Waals surface area contributed by atoms with E-state index in [1.165, 1.54) is 37.4 Å². The highest BCUT2D eigenvalue weighted by molar-refractivity contribution is 7.90. The van der Waals surface area contributed by atoms with Crippen LogP contribution in [0.1, 0.15) is 5.69 Å². The van der Waals surface area contributed by atoms with Crippen molar-refractivity contribution in [2.24, 2.45) is 0 Å². The van der Waals surface area contributed by atoms with Crippen molar-refractivity contribution in [1.29, 1.82) is 0 Å². The van der Waals surface area contributed by atoms with Crippen molar-refractivity contribution in [3.8, 4) is 17.2 Å². The van der Waals surface area contributed by atoms with Crippen LogP contribution < -0.4 is 14.8 Å². The number of alkyl halides is 2. The van der Waals surface area contributed by atoms with Crippen LogP contribution in [0.25, 0.3) is 11.3 Å². The number of urea groups is 1. The third-order valence-electron chi connectivity index (χ3n) is 3.37. The van der Waals surface area contributed by atoms with Crippen LogP contribution in [0.4, 0.5) is 19.5 Å². The quantitative estimate of drug-likeness (QED) is 0.615. The van der Waals surface area contributed by atoms with Gasteiger partial charge < -0.3 is 9.26 Å². The minimum Gasteiger partial charge on any atom is -0.417 e. The predicted molar refractivity (Wildman–Crippen MR) is 94.7 cm³/mol. The first-order chi connectivity index (χ1) is 13.7. The molecule has 0 unspecified atom stereocenters. The molecule has 0 saturated carbocycles. The largest absolute Gasteiger partial charge is 0.417 e. The van der Waals surface area contributed by atoms with Gasteiger partial charge >= 0.3 is 12.6 Å². The number of carbonyl (C=O) groups excluding carboxylic acids is 1. The molecule has 2 aromatic heterocycles. The Balaban J connectivity index is 1.80. The summed E-state index contributed by atoms with van der Waals surface area (Å²) < 4.78 is 60.9. The lowest BCUT2D eigenvalue weighted by atomic mass is 10.2. The number of aromatic nitrogens is 3. The molecule has 0 aliphatic carbocycles. The molecule has 0 radical (unpaired) electrons. The van der Waals surface area contributed by atoms with Gasteiger partial charge in [-0.2, -0.15) is 13.8 Å². The molecule has 0 atom stereocenters. The number of halogens is 2. The molecule has 13 heteroatoms. The Bertz CT molecular complexity index is 1120. The van der Waals surface area contributed by atoms with E-state index in [0.717, 1.165) is 6.07 Å². The molecule has 3 rings (SSSR count). The lowest BCUT2D eigenvalue weighted by molar-refractivity contribution is -0.0528. The number of ether oxygens (including phenoxy) is 1. The van der Waals surface area contributed by atoms with Crippen molar-refractivity contribution in [3.63, 3.8) is 0 Å². The van der Waals surface area contributed by atoms with E-state index in [0.29, 0.717) is 0 Å². The normalized spacial score (nSPS) is 11.3. The van der Waals surface area contributed by atoms with Crippen molar-refractivity contribution in [3.05, 3.63) is 48.3 Å². The molecular formula is C16H13F2N5O5S. The first-order valence-corrected chi connectivity index (χ1v) is 9.37. The molecule has 10 nitrogen and oxygen atoms in total. The fourth-order valence-corrected chi connectivity index (χ4v) is 3.43. The number of anilines is 1.